The Morgan fingerprint density at radius 3 is 2.91 bits per heavy atom. The van der Waals surface area contributed by atoms with E-state index >= 15 is 0 Å². The molecule has 1 fully saturated rings. The lowest BCUT2D eigenvalue weighted by Gasteiger charge is -2.26. The fraction of sp³-hybridized carbons (Fsp3) is 0.320. The smallest absolute Gasteiger partial charge is 0.297 e. The van der Waals surface area contributed by atoms with Crippen LogP contribution in [0.25, 0.3) is 5.69 Å². The van der Waals surface area contributed by atoms with Crippen LogP contribution in [-0.2, 0) is 6.42 Å². The van der Waals surface area contributed by atoms with E-state index in [0.29, 0.717) is 29.5 Å². The maximum absolute atomic E-state index is 13.2. The average Bonchev–Trinajstić information content (AvgIpc) is 3.63. The van der Waals surface area contributed by atoms with Crippen LogP contribution in [0, 0.1) is 12.8 Å². The van der Waals surface area contributed by atoms with Gasteiger partial charge in [0.25, 0.3) is 11.5 Å². The second-order valence-corrected chi connectivity index (χ2v) is 8.69. The Bertz CT molecular complexity index is 1210. The number of nitrogens with zero attached hydrogens (tertiary/aromatic N) is 2. The monoisotopic (exact) mass is 429 g/mol. The first-order valence-corrected chi connectivity index (χ1v) is 11.1. The number of hydrogen-bond donors (Lipinski definition) is 3. The Kier molecular flexibility index (Phi) is 5.39. The first-order chi connectivity index (χ1) is 15.6. The van der Waals surface area contributed by atoms with Crippen LogP contribution >= 0.6 is 0 Å². The van der Waals surface area contributed by atoms with Crippen LogP contribution in [0.15, 0.2) is 59.7 Å². The molecule has 1 saturated carbocycles. The maximum atomic E-state index is 13.2. The predicted molar refractivity (Wildman–Crippen MR) is 126 cm³/mol. The highest BCUT2D eigenvalue weighted by atomic mass is 16.2. The number of hydrogen-bond acceptors (Lipinski definition) is 5. The third kappa shape index (κ3) is 4.23. The third-order valence-electron chi connectivity index (χ3n) is 6.15. The van der Waals surface area contributed by atoms with Gasteiger partial charge in [0.05, 0.1) is 5.69 Å². The first-order valence-electron chi connectivity index (χ1n) is 11.1. The van der Waals surface area contributed by atoms with Gasteiger partial charge in [-0.3, -0.25) is 14.2 Å². The molecular weight excluding hydrogens is 402 g/mol. The Morgan fingerprint density at radius 1 is 1.22 bits per heavy atom. The standard InChI is InChI=1S/C25H27N5O2/c1-16-6-7-19(24(31)29-20-8-9-20)13-22(16)30-11-10-26-23(25(30)32)28-15-17-12-18-4-2-3-5-21(18)27-14-17/h2-7,10-11,13,17,20,27H,8-9,12,14-15H2,1H3,(H,26,28)(H,29,31). The third-order valence-corrected chi connectivity index (χ3v) is 6.15. The average molecular weight is 430 g/mol. The topological polar surface area (TPSA) is 88.1 Å². The Balaban J connectivity index is 1.34. The van der Waals surface area contributed by atoms with Gasteiger partial charge in [-0.2, -0.15) is 0 Å². The highest BCUT2D eigenvalue weighted by Crippen LogP contribution is 2.24. The summed E-state index contributed by atoms with van der Waals surface area (Å²) in [7, 11) is 0. The largest absolute Gasteiger partial charge is 0.384 e. The maximum Gasteiger partial charge on any atom is 0.297 e. The second kappa shape index (κ2) is 8.49. The van der Waals surface area contributed by atoms with Gasteiger partial charge >= 0.3 is 0 Å². The summed E-state index contributed by atoms with van der Waals surface area (Å²) in [6.07, 6.45) is 6.29. The minimum Gasteiger partial charge on any atom is -0.384 e. The van der Waals surface area contributed by atoms with Crippen molar-refractivity contribution in [3.8, 4) is 5.69 Å². The van der Waals surface area contributed by atoms with Gasteiger partial charge in [-0.15, -0.1) is 0 Å². The second-order valence-electron chi connectivity index (χ2n) is 8.69. The van der Waals surface area contributed by atoms with E-state index in [9.17, 15) is 9.59 Å². The molecule has 2 heterocycles. The fourth-order valence-corrected chi connectivity index (χ4v) is 4.12. The number of aromatic nitrogens is 2. The van der Waals surface area contributed by atoms with E-state index in [0.717, 1.165) is 31.4 Å². The predicted octanol–water partition coefficient (Wildman–Crippen LogP) is 3.13. The molecule has 3 aromatic rings. The van der Waals surface area contributed by atoms with Crippen LogP contribution in [-0.4, -0.2) is 34.6 Å². The number of nitrogens with one attached hydrogen (secondary N) is 3. The summed E-state index contributed by atoms with van der Waals surface area (Å²) in [5.74, 6) is 0.578. The highest BCUT2D eigenvalue weighted by Gasteiger charge is 2.24. The lowest BCUT2D eigenvalue weighted by molar-refractivity contribution is 0.0951. The molecule has 1 aromatic heterocycles. The molecule has 7 nitrogen and oxygen atoms in total. The molecule has 0 bridgehead atoms. The lowest BCUT2D eigenvalue weighted by atomic mass is 9.94. The van der Waals surface area contributed by atoms with Crippen molar-refractivity contribution in [2.75, 3.05) is 23.7 Å². The zero-order chi connectivity index (χ0) is 22.1. The molecule has 2 aromatic carbocycles. The van der Waals surface area contributed by atoms with Crippen LogP contribution in [0.2, 0.25) is 0 Å². The van der Waals surface area contributed by atoms with Crippen molar-refractivity contribution in [1.29, 1.82) is 0 Å². The quantitative estimate of drug-likeness (QED) is 0.560. The number of carbonyl (C=O) groups excluding carboxylic acids is 1. The van der Waals surface area contributed by atoms with E-state index in [2.05, 4.69) is 39.1 Å². The van der Waals surface area contributed by atoms with E-state index in [1.54, 1.807) is 29.1 Å². The van der Waals surface area contributed by atoms with Crippen LogP contribution in [0.5, 0.6) is 0 Å². The van der Waals surface area contributed by atoms with Crippen LogP contribution < -0.4 is 21.5 Å². The minimum atomic E-state index is -0.223. The molecule has 1 unspecified atom stereocenters. The van der Waals surface area contributed by atoms with Gasteiger partial charge in [0.15, 0.2) is 5.82 Å². The molecule has 7 heteroatoms. The molecule has 1 amide bonds. The summed E-state index contributed by atoms with van der Waals surface area (Å²) < 4.78 is 1.56. The van der Waals surface area contributed by atoms with Gasteiger partial charge in [-0.25, -0.2) is 4.98 Å². The number of fused-ring (bicyclic) bond motifs is 1. The molecule has 5 rings (SSSR count). The molecule has 0 spiro atoms. The van der Waals surface area contributed by atoms with E-state index in [1.165, 1.54) is 11.3 Å². The molecule has 3 N–H and O–H groups in total. The Hall–Kier alpha value is -3.61. The van der Waals surface area contributed by atoms with Crippen molar-refractivity contribution in [2.24, 2.45) is 5.92 Å². The van der Waals surface area contributed by atoms with E-state index in [-0.39, 0.29) is 17.5 Å². The van der Waals surface area contributed by atoms with Crippen LogP contribution in [0.1, 0.15) is 34.3 Å². The van der Waals surface area contributed by atoms with Crippen LogP contribution in [0.3, 0.4) is 0 Å². The summed E-state index contributed by atoms with van der Waals surface area (Å²) in [4.78, 5) is 29.9. The zero-order valence-corrected chi connectivity index (χ0v) is 18.1. The van der Waals surface area contributed by atoms with Crippen molar-refractivity contribution in [3.63, 3.8) is 0 Å². The summed E-state index contributed by atoms with van der Waals surface area (Å²) in [6.45, 7) is 3.43. The van der Waals surface area contributed by atoms with Gasteiger partial charge in [-0.05, 0) is 61.4 Å². The molecule has 1 aliphatic heterocycles. The first kappa shape index (κ1) is 20.3. The van der Waals surface area contributed by atoms with Crippen molar-refractivity contribution >= 4 is 17.4 Å². The van der Waals surface area contributed by atoms with Crippen molar-refractivity contribution < 1.29 is 4.79 Å². The van der Waals surface area contributed by atoms with Gasteiger partial charge in [0.2, 0.25) is 0 Å². The molecule has 164 valence electrons. The van der Waals surface area contributed by atoms with Crippen molar-refractivity contribution in [3.05, 3.63) is 81.9 Å². The summed E-state index contributed by atoms with van der Waals surface area (Å²) in [6, 6.07) is 14.1. The lowest BCUT2D eigenvalue weighted by Crippen LogP contribution is -2.31. The molecule has 2 aliphatic rings. The summed E-state index contributed by atoms with van der Waals surface area (Å²) >= 11 is 0. The summed E-state index contributed by atoms with van der Waals surface area (Å²) in [5, 5.41) is 9.71. The van der Waals surface area contributed by atoms with Gasteiger partial charge in [0.1, 0.15) is 0 Å². The number of carbonyl (C=O) groups is 1. The number of aryl methyl sites for hydroxylation is 1. The molecule has 0 radical (unpaired) electrons. The number of amides is 1. The van der Waals surface area contributed by atoms with Crippen molar-refractivity contribution in [2.45, 2.75) is 32.2 Å². The number of rotatable bonds is 6. The van der Waals surface area contributed by atoms with Gasteiger partial charge in [0, 0.05) is 42.8 Å². The molecule has 0 saturated heterocycles. The SMILES string of the molecule is Cc1ccc(C(=O)NC2CC2)cc1-n1ccnc(NCC2CNc3ccccc3C2)c1=O. The highest BCUT2D eigenvalue weighted by molar-refractivity contribution is 5.95. The fourth-order valence-electron chi connectivity index (χ4n) is 4.12. The van der Waals surface area contributed by atoms with E-state index < -0.39 is 0 Å². The zero-order valence-electron chi connectivity index (χ0n) is 18.1. The minimum absolute atomic E-state index is 0.0979. The number of para-hydroxylation sites is 1. The number of benzene rings is 2. The van der Waals surface area contributed by atoms with Crippen LogP contribution in [0.4, 0.5) is 11.5 Å². The van der Waals surface area contributed by atoms with Crippen molar-refractivity contribution in [1.82, 2.24) is 14.9 Å². The number of anilines is 2. The Labute approximate surface area is 186 Å². The van der Waals surface area contributed by atoms with Gasteiger partial charge < -0.3 is 16.0 Å². The van der Waals surface area contributed by atoms with E-state index in [1.807, 2.05) is 19.1 Å². The summed E-state index contributed by atoms with van der Waals surface area (Å²) in [5.41, 5.74) is 4.42. The molecule has 1 aliphatic carbocycles. The molecule has 32 heavy (non-hydrogen) atoms. The molecule has 1 atom stereocenters. The van der Waals surface area contributed by atoms with E-state index in [4.69, 9.17) is 0 Å². The van der Waals surface area contributed by atoms with Gasteiger partial charge in [-0.1, -0.05) is 24.3 Å². The Morgan fingerprint density at radius 2 is 2.06 bits per heavy atom. The normalized spacial score (nSPS) is 17.2. The molecular formula is C25H27N5O2.